The summed E-state index contributed by atoms with van der Waals surface area (Å²) in [7, 11) is 1.51. The summed E-state index contributed by atoms with van der Waals surface area (Å²) < 4.78 is 19.6. The number of hydrogen-bond donors (Lipinski definition) is 2. The van der Waals surface area contributed by atoms with Crippen molar-refractivity contribution in [3.05, 3.63) is 59.8 Å². The zero-order valence-corrected chi connectivity index (χ0v) is 23.1. The van der Waals surface area contributed by atoms with Crippen molar-refractivity contribution in [3.63, 3.8) is 0 Å². The van der Waals surface area contributed by atoms with Gasteiger partial charge in [0.25, 0.3) is 0 Å². The molecule has 0 saturated carbocycles. The highest BCUT2D eigenvalue weighted by atomic mass is 19.1. The number of carbonyl (C=O) groups is 1. The minimum Gasteiger partial charge on any atom is -0.497 e. The zero-order chi connectivity index (χ0) is 27.8. The lowest BCUT2D eigenvalue weighted by molar-refractivity contribution is 0.00617. The van der Waals surface area contributed by atoms with E-state index in [-0.39, 0.29) is 12.6 Å². The molecule has 0 radical (unpaired) electrons. The number of nitrogens with zero attached hydrogens (tertiary/aromatic N) is 5. The molecule has 0 atom stereocenters. The quantitative estimate of drug-likeness (QED) is 0.447. The number of rotatable bonds is 8. The van der Waals surface area contributed by atoms with Gasteiger partial charge in [-0.25, -0.2) is 14.2 Å². The van der Waals surface area contributed by atoms with Crippen molar-refractivity contribution >= 4 is 11.8 Å². The summed E-state index contributed by atoms with van der Waals surface area (Å²) in [5.74, 6) is 0.638. The van der Waals surface area contributed by atoms with Crippen LogP contribution in [-0.4, -0.2) is 80.5 Å². The summed E-state index contributed by atoms with van der Waals surface area (Å²) in [4.78, 5) is 24.9. The third-order valence-corrected chi connectivity index (χ3v) is 7.77. The number of methoxy groups -OCH3 is 1. The Bertz CT molecular complexity index is 1320. The number of hydrogen-bond acceptors (Lipinski definition) is 6. The highest BCUT2D eigenvalue weighted by molar-refractivity contribution is 5.94. The van der Waals surface area contributed by atoms with Gasteiger partial charge in [0.1, 0.15) is 17.4 Å². The molecule has 2 saturated heterocycles. The Hall–Kier alpha value is -3.50. The summed E-state index contributed by atoms with van der Waals surface area (Å²) in [5, 5.41) is 17.3. The molecule has 2 amide bonds. The van der Waals surface area contributed by atoms with Crippen LogP contribution in [0, 0.1) is 5.82 Å². The van der Waals surface area contributed by atoms with Gasteiger partial charge in [0.05, 0.1) is 36.7 Å². The van der Waals surface area contributed by atoms with Crippen LogP contribution in [0.3, 0.4) is 0 Å². The van der Waals surface area contributed by atoms with Gasteiger partial charge in [-0.15, -0.1) is 0 Å². The fourth-order valence-corrected chi connectivity index (χ4v) is 5.90. The van der Waals surface area contributed by atoms with E-state index < -0.39 is 17.0 Å². The van der Waals surface area contributed by atoms with Crippen molar-refractivity contribution in [3.8, 4) is 16.9 Å². The molecule has 4 heterocycles. The van der Waals surface area contributed by atoms with E-state index in [0.29, 0.717) is 36.6 Å². The molecule has 9 nitrogen and oxygen atoms in total. The van der Waals surface area contributed by atoms with Crippen molar-refractivity contribution in [2.24, 2.45) is 0 Å². The number of piperidine rings is 1. The Kier molecular flexibility index (Phi) is 7.35. The van der Waals surface area contributed by atoms with Crippen LogP contribution >= 0.6 is 0 Å². The van der Waals surface area contributed by atoms with E-state index in [4.69, 9.17) is 9.72 Å². The third-order valence-electron chi connectivity index (χ3n) is 7.77. The lowest BCUT2D eigenvalue weighted by Gasteiger charge is -2.44. The van der Waals surface area contributed by atoms with E-state index in [1.54, 1.807) is 17.2 Å². The van der Waals surface area contributed by atoms with E-state index in [0.717, 1.165) is 42.8 Å². The molecule has 0 bridgehead atoms. The SMILES string of the molecule is CCc1nc(N2CC3(CCN(CC(C)(C)O)CC3)N(Cc3cc(F)cc(OC)c3)C2=O)ccc1-c1cn[nH]c1. The molecule has 2 aromatic heterocycles. The smallest absolute Gasteiger partial charge is 0.326 e. The normalized spacial score (nSPS) is 17.8. The minimum atomic E-state index is -0.795. The summed E-state index contributed by atoms with van der Waals surface area (Å²) in [6, 6.07) is 8.33. The number of halogens is 1. The Labute approximate surface area is 228 Å². The number of carbonyl (C=O) groups excluding carboxylic acids is 1. The predicted octanol–water partition coefficient (Wildman–Crippen LogP) is 4.23. The van der Waals surface area contributed by atoms with Gasteiger partial charge in [-0.1, -0.05) is 6.92 Å². The molecule has 2 aliphatic heterocycles. The van der Waals surface area contributed by atoms with Crippen LogP contribution in [0.1, 0.15) is 44.9 Å². The molecule has 2 N–H and O–H groups in total. The summed E-state index contributed by atoms with van der Waals surface area (Å²) >= 11 is 0. The molecule has 2 aliphatic rings. The number of amides is 2. The molecule has 5 rings (SSSR count). The monoisotopic (exact) mass is 536 g/mol. The van der Waals surface area contributed by atoms with Gasteiger partial charge < -0.3 is 19.6 Å². The van der Waals surface area contributed by atoms with Gasteiger partial charge in [-0.05, 0) is 62.9 Å². The van der Waals surface area contributed by atoms with E-state index in [1.807, 2.05) is 44.0 Å². The zero-order valence-electron chi connectivity index (χ0n) is 23.1. The number of urea groups is 1. The molecule has 1 aromatic carbocycles. The number of pyridine rings is 1. The molecule has 1 spiro atoms. The Balaban J connectivity index is 1.47. The number of benzene rings is 1. The first-order valence-electron chi connectivity index (χ1n) is 13.5. The van der Waals surface area contributed by atoms with Gasteiger partial charge in [0.2, 0.25) is 0 Å². The molecule has 3 aromatic rings. The topological polar surface area (TPSA) is 97.8 Å². The first kappa shape index (κ1) is 27.1. The molecule has 2 fully saturated rings. The number of aryl methyl sites for hydroxylation is 1. The fraction of sp³-hybridized carbons (Fsp3) is 0.483. The van der Waals surface area contributed by atoms with Crippen LogP contribution in [0.5, 0.6) is 5.75 Å². The first-order chi connectivity index (χ1) is 18.6. The Morgan fingerprint density at radius 1 is 1.21 bits per heavy atom. The molecule has 208 valence electrons. The lowest BCUT2D eigenvalue weighted by Crippen LogP contribution is -2.55. The summed E-state index contributed by atoms with van der Waals surface area (Å²) in [6.45, 7) is 8.50. The summed E-state index contributed by atoms with van der Waals surface area (Å²) in [5.41, 5.74) is 2.28. The number of H-pyrrole nitrogens is 1. The molecular formula is C29H37FN6O3. The maximum Gasteiger partial charge on any atom is 0.326 e. The average molecular weight is 537 g/mol. The van der Waals surface area contributed by atoms with Crippen molar-refractivity contribution < 1.29 is 19.0 Å². The standard InChI is InChI=1S/C29H37FN6O3/c1-5-25-24(21-15-31-32-16-21)6-7-26(33-25)35-19-29(8-10-34(11-9-29)18-28(2,3)38)36(27(35)37)17-20-12-22(30)14-23(13-20)39-4/h6-7,12-16,38H,5,8-11,17-19H2,1-4H3,(H,31,32). The second kappa shape index (κ2) is 10.6. The number of aromatic nitrogens is 3. The molecule has 10 heteroatoms. The van der Waals surface area contributed by atoms with Crippen LogP contribution in [0.2, 0.25) is 0 Å². The maximum absolute atomic E-state index is 14.4. The number of aromatic amines is 1. The molecule has 0 aliphatic carbocycles. The number of nitrogens with one attached hydrogen (secondary N) is 1. The molecular weight excluding hydrogens is 499 g/mol. The van der Waals surface area contributed by atoms with Crippen LogP contribution in [0.25, 0.3) is 11.1 Å². The van der Waals surface area contributed by atoms with Gasteiger partial charge in [0.15, 0.2) is 0 Å². The fourth-order valence-electron chi connectivity index (χ4n) is 5.90. The van der Waals surface area contributed by atoms with Gasteiger partial charge in [-0.3, -0.25) is 10.00 Å². The second-order valence-electron chi connectivity index (χ2n) is 11.3. The largest absolute Gasteiger partial charge is 0.497 e. The van der Waals surface area contributed by atoms with E-state index in [9.17, 15) is 14.3 Å². The maximum atomic E-state index is 14.4. The number of likely N-dealkylation sites (tertiary alicyclic amines) is 1. The van der Waals surface area contributed by atoms with Crippen LogP contribution < -0.4 is 9.64 Å². The first-order valence-corrected chi connectivity index (χ1v) is 13.5. The van der Waals surface area contributed by atoms with Gasteiger partial charge in [-0.2, -0.15) is 5.10 Å². The predicted molar refractivity (Wildman–Crippen MR) is 147 cm³/mol. The number of β-amino-alcohol motifs (C(OH)–C–C–N with tert-alkyl or cyclic N) is 1. The van der Waals surface area contributed by atoms with Crippen molar-refractivity contribution in [2.75, 3.05) is 38.2 Å². The van der Waals surface area contributed by atoms with Crippen LogP contribution in [0.4, 0.5) is 15.0 Å². The highest BCUT2D eigenvalue weighted by Gasteiger charge is 2.51. The van der Waals surface area contributed by atoms with Gasteiger partial charge >= 0.3 is 6.03 Å². The van der Waals surface area contributed by atoms with E-state index >= 15 is 0 Å². The second-order valence-corrected chi connectivity index (χ2v) is 11.3. The van der Waals surface area contributed by atoms with Crippen LogP contribution in [-0.2, 0) is 13.0 Å². The van der Waals surface area contributed by atoms with Crippen molar-refractivity contribution in [1.82, 2.24) is 25.0 Å². The van der Waals surface area contributed by atoms with Crippen LogP contribution in [0.15, 0.2) is 42.7 Å². The number of aliphatic hydroxyl groups is 1. The van der Waals surface area contributed by atoms with E-state index in [2.05, 4.69) is 15.1 Å². The Morgan fingerprint density at radius 2 is 1.97 bits per heavy atom. The highest BCUT2D eigenvalue weighted by Crippen LogP contribution is 2.40. The lowest BCUT2D eigenvalue weighted by atomic mass is 9.86. The molecule has 39 heavy (non-hydrogen) atoms. The van der Waals surface area contributed by atoms with Crippen molar-refractivity contribution in [2.45, 2.75) is 57.7 Å². The number of anilines is 1. The summed E-state index contributed by atoms with van der Waals surface area (Å²) in [6.07, 6.45) is 5.79. The minimum absolute atomic E-state index is 0.139. The van der Waals surface area contributed by atoms with Gasteiger partial charge in [0, 0.05) is 49.6 Å². The molecule has 0 unspecified atom stereocenters. The van der Waals surface area contributed by atoms with E-state index in [1.165, 1.54) is 19.2 Å². The number of ether oxygens (including phenoxy) is 1. The average Bonchev–Trinajstić information content (AvgIpc) is 3.52. The third kappa shape index (κ3) is 5.62. The Morgan fingerprint density at radius 3 is 2.62 bits per heavy atom. The van der Waals surface area contributed by atoms with Crippen molar-refractivity contribution in [1.29, 1.82) is 0 Å².